The molecule has 124 valence electrons. The van der Waals surface area contributed by atoms with Crippen molar-refractivity contribution in [2.75, 3.05) is 19.6 Å². The highest BCUT2D eigenvalue weighted by Crippen LogP contribution is 2.36. The van der Waals surface area contributed by atoms with Crippen LogP contribution in [0, 0.1) is 17.8 Å². The van der Waals surface area contributed by atoms with Crippen molar-refractivity contribution in [2.45, 2.75) is 84.7 Å². The highest BCUT2D eigenvalue weighted by molar-refractivity contribution is 4.91. The standard InChI is InChI=1S/C19H38N2/c1-5-7-12-21(18-9-10-18)14-17-13-16(15(3)4)8-11-19(17)20-6-2/h15-20H,5-14H2,1-4H3. The predicted molar refractivity (Wildman–Crippen MR) is 92.6 cm³/mol. The van der Waals surface area contributed by atoms with E-state index in [2.05, 4.69) is 37.9 Å². The van der Waals surface area contributed by atoms with Gasteiger partial charge in [0, 0.05) is 18.6 Å². The summed E-state index contributed by atoms with van der Waals surface area (Å²) >= 11 is 0. The zero-order valence-corrected chi connectivity index (χ0v) is 14.9. The summed E-state index contributed by atoms with van der Waals surface area (Å²) in [7, 11) is 0. The Morgan fingerprint density at radius 1 is 1.10 bits per heavy atom. The molecule has 2 rings (SSSR count). The van der Waals surface area contributed by atoms with Gasteiger partial charge in [-0.3, -0.25) is 0 Å². The van der Waals surface area contributed by atoms with Crippen LogP contribution in [-0.2, 0) is 0 Å². The van der Waals surface area contributed by atoms with Gasteiger partial charge in [0.05, 0.1) is 0 Å². The summed E-state index contributed by atoms with van der Waals surface area (Å²) in [6.45, 7) is 13.2. The van der Waals surface area contributed by atoms with E-state index in [0.29, 0.717) is 0 Å². The molecule has 2 saturated carbocycles. The van der Waals surface area contributed by atoms with E-state index in [1.54, 1.807) is 0 Å². The zero-order valence-electron chi connectivity index (χ0n) is 14.9. The van der Waals surface area contributed by atoms with Crippen LogP contribution in [0.25, 0.3) is 0 Å². The highest BCUT2D eigenvalue weighted by Gasteiger charge is 2.36. The van der Waals surface area contributed by atoms with E-state index in [1.165, 1.54) is 58.0 Å². The molecule has 0 aromatic rings. The molecule has 3 atom stereocenters. The third kappa shape index (κ3) is 5.25. The van der Waals surface area contributed by atoms with Crippen molar-refractivity contribution >= 4 is 0 Å². The van der Waals surface area contributed by atoms with Gasteiger partial charge < -0.3 is 10.2 Å². The molecule has 0 aromatic carbocycles. The molecular weight excluding hydrogens is 256 g/mol. The summed E-state index contributed by atoms with van der Waals surface area (Å²) in [6.07, 6.45) is 9.90. The SMILES string of the molecule is CCCCN(CC1CC(C(C)C)CCC1NCC)C1CC1. The van der Waals surface area contributed by atoms with E-state index < -0.39 is 0 Å². The van der Waals surface area contributed by atoms with Crippen LogP contribution in [-0.4, -0.2) is 36.6 Å². The van der Waals surface area contributed by atoms with Gasteiger partial charge in [0.1, 0.15) is 0 Å². The molecule has 0 amide bonds. The summed E-state index contributed by atoms with van der Waals surface area (Å²) in [5.41, 5.74) is 0. The van der Waals surface area contributed by atoms with Gasteiger partial charge in [0.15, 0.2) is 0 Å². The Bertz CT molecular complexity index is 285. The fourth-order valence-electron chi connectivity index (χ4n) is 4.16. The third-order valence-electron chi connectivity index (χ3n) is 5.76. The highest BCUT2D eigenvalue weighted by atomic mass is 15.2. The molecule has 0 aromatic heterocycles. The molecule has 0 heterocycles. The molecule has 2 aliphatic rings. The Hall–Kier alpha value is -0.0800. The first-order valence-electron chi connectivity index (χ1n) is 9.63. The lowest BCUT2D eigenvalue weighted by atomic mass is 9.73. The first-order chi connectivity index (χ1) is 10.2. The van der Waals surface area contributed by atoms with E-state index >= 15 is 0 Å². The molecular formula is C19H38N2. The van der Waals surface area contributed by atoms with Crippen molar-refractivity contribution in [1.82, 2.24) is 10.2 Å². The predicted octanol–water partition coefficient (Wildman–Crippen LogP) is 4.30. The molecule has 0 saturated heterocycles. The van der Waals surface area contributed by atoms with Crippen LogP contribution in [0.5, 0.6) is 0 Å². The Balaban J connectivity index is 1.93. The van der Waals surface area contributed by atoms with Crippen LogP contribution in [0.15, 0.2) is 0 Å². The van der Waals surface area contributed by atoms with Crippen molar-refractivity contribution in [2.24, 2.45) is 17.8 Å². The normalized spacial score (nSPS) is 30.3. The average Bonchev–Trinajstić information content (AvgIpc) is 3.29. The zero-order chi connectivity index (χ0) is 15.2. The molecule has 0 spiro atoms. The van der Waals surface area contributed by atoms with Crippen LogP contribution in [0.4, 0.5) is 0 Å². The fourth-order valence-corrected chi connectivity index (χ4v) is 4.16. The average molecular weight is 295 g/mol. The lowest BCUT2D eigenvalue weighted by Gasteiger charge is -2.41. The van der Waals surface area contributed by atoms with Crippen molar-refractivity contribution in [3.05, 3.63) is 0 Å². The maximum absolute atomic E-state index is 3.79. The van der Waals surface area contributed by atoms with Crippen LogP contribution in [0.1, 0.15) is 72.6 Å². The lowest BCUT2D eigenvalue weighted by Crippen LogP contribution is -2.47. The fraction of sp³-hybridized carbons (Fsp3) is 1.00. The van der Waals surface area contributed by atoms with Gasteiger partial charge >= 0.3 is 0 Å². The van der Waals surface area contributed by atoms with Crippen molar-refractivity contribution in [3.8, 4) is 0 Å². The second-order valence-corrected chi connectivity index (χ2v) is 7.82. The minimum atomic E-state index is 0.771. The molecule has 2 nitrogen and oxygen atoms in total. The molecule has 0 aliphatic heterocycles. The van der Waals surface area contributed by atoms with Crippen molar-refractivity contribution in [3.63, 3.8) is 0 Å². The van der Waals surface area contributed by atoms with Crippen LogP contribution >= 0.6 is 0 Å². The number of nitrogens with zero attached hydrogens (tertiary/aromatic N) is 1. The van der Waals surface area contributed by atoms with Gasteiger partial charge in [0.25, 0.3) is 0 Å². The summed E-state index contributed by atoms with van der Waals surface area (Å²) < 4.78 is 0. The van der Waals surface area contributed by atoms with E-state index in [1.807, 2.05) is 0 Å². The summed E-state index contributed by atoms with van der Waals surface area (Å²) in [6, 6.07) is 1.70. The smallest absolute Gasteiger partial charge is 0.0108 e. The van der Waals surface area contributed by atoms with E-state index in [-0.39, 0.29) is 0 Å². The maximum atomic E-state index is 3.79. The van der Waals surface area contributed by atoms with E-state index in [0.717, 1.165) is 36.4 Å². The number of hydrogen-bond acceptors (Lipinski definition) is 2. The van der Waals surface area contributed by atoms with E-state index in [9.17, 15) is 0 Å². The van der Waals surface area contributed by atoms with Gasteiger partial charge in [-0.15, -0.1) is 0 Å². The Morgan fingerprint density at radius 3 is 2.43 bits per heavy atom. The molecule has 21 heavy (non-hydrogen) atoms. The molecule has 0 radical (unpaired) electrons. The molecule has 3 unspecified atom stereocenters. The first-order valence-corrected chi connectivity index (χ1v) is 9.63. The van der Waals surface area contributed by atoms with Gasteiger partial charge in [-0.2, -0.15) is 0 Å². The summed E-state index contributed by atoms with van der Waals surface area (Å²) in [5, 5.41) is 3.79. The van der Waals surface area contributed by atoms with Gasteiger partial charge in [-0.1, -0.05) is 34.1 Å². The molecule has 2 heteroatoms. The number of nitrogens with one attached hydrogen (secondary N) is 1. The monoisotopic (exact) mass is 294 g/mol. The minimum absolute atomic E-state index is 0.771. The largest absolute Gasteiger partial charge is 0.314 e. The third-order valence-corrected chi connectivity index (χ3v) is 5.76. The Labute approximate surface area is 133 Å². The number of hydrogen-bond donors (Lipinski definition) is 1. The van der Waals surface area contributed by atoms with Crippen molar-refractivity contribution in [1.29, 1.82) is 0 Å². The first kappa shape index (κ1) is 17.3. The number of unbranched alkanes of at least 4 members (excludes halogenated alkanes) is 1. The topological polar surface area (TPSA) is 15.3 Å². The van der Waals surface area contributed by atoms with Crippen LogP contribution in [0.2, 0.25) is 0 Å². The lowest BCUT2D eigenvalue weighted by molar-refractivity contribution is 0.117. The summed E-state index contributed by atoms with van der Waals surface area (Å²) in [5.74, 6) is 2.70. The van der Waals surface area contributed by atoms with Crippen LogP contribution in [0.3, 0.4) is 0 Å². The molecule has 2 fully saturated rings. The van der Waals surface area contributed by atoms with Crippen molar-refractivity contribution < 1.29 is 0 Å². The van der Waals surface area contributed by atoms with Crippen LogP contribution < -0.4 is 5.32 Å². The van der Waals surface area contributed by atoms with Gasteiger partial charge in [-0.25, -0.2) is 0 Å². The molecule has 1 N–H and O–H groups in total. The molecule has 2 aliphatic carbocycles. The van der Waals surface area contributed by atoms with Gasteiger partial charge in [-0.05, 0) is 69.4 Å². The Kier molecular flexibility index (Phi) is 7.01. The second kappa shape index (κ2) is 8.53. The maximum Gasteiger partial charge on any atom is 0.0108 e. The van der Waals surface area contributed by atoms with E-state index in [4.69, 9.17) is 0 Å². The van der Waals surface area contributed by atoms with Gasteiger partial charge in [0.2, 0.25) is 0 Å². The minimum Gasteiger partial charge on any atom is -0.314 e. The molecule has 0 bridgehead atoms. The number of rotatable bonds is 9. The summed E-state index contributed by atoms with van der Waals surface area (Å²) in [4.78, 5) is 2.83. The quantitative estimate of drug-likeness (QED) is 0.682. The second-order valence-electron chi connectivity index (χ2n) is 7.82. The Morgan fingerprint density at radius 2 is 1.86 bits per heavy atom.